The number of hydrogen-bond donors (Lipinski definition) is 0. The zero-order chi connectivity index (χ0) is 25.3. The van der Waals surface area contributed by atoms with Gasteiger partial charge >= 0.3 is 11.9 Å². The normalized spacial score (nSPS) is 12.5. The summed E-state index contributed by atoms with van der Waals surface area (Å²) in [4.78, 5) is 17.1. The van der Waals surface area contributed by atoms with Crippen molar-refractivity contribution in [2.24, 2.45) is 0 Å². The topological polar surface area (TPSA) is 49.1 Å². The highest BCUT2D eigenvalue weighted by atomic mass is 19.4. The first-order valence-corrected chi connectivity index (χ1v) is 11.2. The summed E-state index contributed by atoms with van der Waals surface area (Å²) in [6.45, 7) is 12.8. The van der Waals surface area contributed by atoms with Gasteiger partial charge in [0.05, 0.1) is 46.8 Å². The molecule has 180 valence electrons. The Bertz CT molecular complexity index is 1450. The Morgan fingerprint density at radius 1 is 1.09 bits per heavy atom. The fraction of sp³-hybridized carbons (Fsp3) is 0.269. The van der Waals surface area contributed by atoms with Gasteiger partial charge in [-0.3, -0.25) is 9.13 Å². The second-order valence-corrected chi connectivity index (χ2v) is 8.36. The maximum atomic E-state index is 13.7. The molecule has 0 saturated carbocycles. The van der Waals surface area contributed by atoms with Gasteiger partial charge in [-0.05, 0) is 56.7 Å². The van der Waals surface area contributed by atoms with Crippen molar-refractivity contribution in [3.63, 3.8) is 0 Å². The van der Waals surface area contributed by atoms with E-state index < -0.39 is 17.4 Å². The maximum Gasteiger partial charge on any atom is 0.416 e. The molecule has 0 saturated heterocycles. The molecule has 2 aromatic heterocycles. The smallest absolute Gasteiger partial charge is 0.287 e. The van der Waals surface area contributed by atoms with Crippen molar-refractivity contribution in [1.29, 1.82) is 0 Å². The van der Waals surface area contributed by atoms with Gasteiger partial charge in [-0.1, -0.05) is 31.5 Å². The number of imidazole rings is 1. The van der Waals surface area contributed by atoms with Crippen LogP contribution in [-0.2, 0) is 6.18 Å². The van der Waals surface area contributed by atoms with Crippen LogP contribution in [0.2, 0.25) is 0 Å². The highest BCUT2D eigenvalue weighted by Crippen LogP contribution is 2.33. The first-order valence-electron chi connectivity index (χ1n) is 11.2. The Hall–Kier alpha value is -4.06. The lowest BCUT2D eigenvalue weighted by Gasteiger charge is -2.16. The molecule has 2 aromatic carbocycles. The summed E-state index contributed by atoms with van der Waals surface area (Å²) in [5.74, 6) is 0. The largest absolute Gasteiger partial charge is 0.416 e. The standard InChI is InChI=1S/C26H24F3N5O/c1-5-7-17(2)32-24(23-14-15-31-34(23)21-12-10-20(30-4)11-13-21)18(3)33(25(32)35)22-9-6-8-19(16-22)26(27,28)29/h6,8-17H,5,7H2,1-3H3. The minimum atomic E-state index is -4.52. The first-order chi connectivity index (χ1) is 16.7. The summed E-state index contributed by atoms with van der Waals surface area (Å²) >= 11 is 0. The number of nitrogens with zero attached hydrogens (tertiary/aromatic N) is 5. The molecule has 4 aromatic rings. The highest BCUT2D eigenvalue weighted by molar-refractivity contribution is 5.63. The summed E-state index contributed by atoms with van der Waals surface area (Å²) in [5.41, 5.74) is 1.84. The summed E-state index contributed by atoms with van der Waals surface area (Å²) < 4.78 is 44.8. The molecule has 1 atom stereocenters. The lowest BCUT2D eigenvalue weighted by molar-refractivity contribution is -0.137. The van der Waals surface area contributed by atoms with Crippen LogP contribution in [0.15, 0.2) is 65.6 Å². The summed E-state index contributed by atoms with van der Waals surface area (Å²) in [5, 5.41) is 4.43. The number of halogens is 3. The quantitative estimate of drug-likeness (QED) is 0.288. The lowest BCUT2D eigenvalue weighted by Crippen LogP contribution is -2.26. The van der Waals surface area contributed by atoms with Gasteiger partial charge in [0.15, 0.2) is 5.69 Å². The van der Waals surface area contributed by atoms with Gasteiger partial charge in [0.1, 0.15) is 0 Å². The average Bonchev–Trinajstić information content (AvgIpc) is 3.40. The average molecular weight is 480 g/mol. The van der Waals surface area contributed by atoms with Crippen LogP contribution >= 0.6 is 0 Å². The van der Waals surface area contributed by atoms with Gasteiger partial charge in [0, 0.05) is 6.04 Å². The fourth-order valence-corrected chi connectivity index (χ4v) is 4.37. The molecule has 0 aliphatic carbocycles. The molecule has 4 rings (SSSR count). The van der Waals surface area contributed by atoms with Gasteiger partial charge in [-0.2, -0.15) is 18.3 Å². The SMILES string of the molecule is [C-]#[N+]c1ccc(-n2nccc2-c2c(C)n(-c3cccc(C(F)(F)F)c3)c(=O)n2C(C)CCC)cc1. The number of hydrogen-bond acceptors (Lipinski definition) is 2. The van der Waals surface area contributed by atoms with Gasteiger partial charge in [0.2, 0.25) is 0 Å². The number of rotatable bonds is 6. The molecule has 0 bridgehead atoms. The molecule has 1 unspecified atom stereocenters. The molecule has 6 nitrogen and oxygen atoms in total. The van der Waals surface area contributed by atoms with Crippen molar-refractivity contribution < 1.29 is 13.2 Å². The molecule has 2 heterocycles. The molecule has 0 aliphatic rings. The van der Waals surface area contributed by atoms with Gasteiger partial charge < -0.3 is 0 Å². The Morgan fingerprint density at radius 3 is 2.43 bits per heavy atom. The minimum Gasteiger partial charge on any atom is -0.287 e. The number of aromatic nitrogens is 4. The molecule has 9 heteroatoms. The molecule has 0 radical (unpaired) electrons. The van der Waals surface area contributed by atoms with Gasteiger partial charge in [0.25, 0.3) is 0 Å². The van der Waals surface area contributed by atoms with Gasteiger partial charge in [-0.25, -0.2) is 14.3 Å². The second-order valence-electron chi connectivity index (χ2n) is 8.36. The Kier molecular flexibility index (Phi) is 6.39. The van der Waals surface area contributed by atoms with Crippen LogP contribution in [0.3, 0.4) is 0 Å². The Morgan fingerprint density at radius 2 is 1.80 bits per heavy atom. The molecular formula is C26H24F3N5O. The van der Waals surface area contributed by atoms with E-state index >= 15 is 0 Å². The fourth-order valence-electron chi connectivity index (χ4n) is 4.37. The molecule has 0 spiro atoms. The summed E-state index contributed by atoms with van der Waals surface area (Å²) in [6.07, 6.45) is -1.37. The number of benzene rings is 2. The molecule has 0 N–H and O–H groups in total. The van der Waals surface area contributed by atoms with E-state index in [4.69, 9.17) is 6.57 Å². The second kappa shape index (κ2) is 9.29. The van der Waals surface area contributed by atoms with E-state index in [-0.39, 0.29) is 11.7 Å². The number of alkyl halides is 3. The van der Waals surface area contributed by atoms with E-state index in [0.29, 0.717) is 34.9 Å². The van der Waals surface area contributed by atoms with Crippen LogP contribution in [0.25, 0.3) is 27.6 Å². The van der Waals surface area contributed by atoms with Crippen LogP contribution in [-0.4, -0.2) is 18.9 Å². The molecule has 35 heavy (non-hydrogen) atoms. The highest BCUT2D eigenvalue weighted by Gasteiger charge is 2.31. The molecule has 0 fully saturated rings. The Balaban J connectivity index is 1.97. The van der Waals surface area contributed by atoms with E-state index in [9.17, 15) is 18.0 Å². The zero-order valence-corrected chi connectivity index (χ0v) is 19.5. The minimum absolute atomic E-state index is 0.151. The third-order valence-corrected chi connectivity index (χ3v) is 6.00. The van der Waals surface area contributed by atoms with Gasteiger partial charge in [-0.15, -0.1) is 0 Å². The predicted octanol–water partition coefficient (Wildman–Crippen LogP) is 6.73. The molecule has 0 amide bonds. The van der Waals surface area contributed by atoms with E-state index in [2.05, 4.69) is 9.94 Å². The Labute approximate surface area is 200 Å². The molecule has 0 aliphatic heterocycles. The van der Waals surface area contributed by atoms with Crippen LogP contribution < -0.4 is 5.69 Å². The summed E-state index contributed by atoms with van der Waals surface area (Å²) in [7, 11) is 0. The third-order valence-electron chi connectivity index (χ3n) is 6.00. The monoisotopic (exact) mass is 479 g/mol. The van der Waals surface area contributed by atoms with Crippen LogP contribution in [0.4, 0.5) is 18.9 Å². The van der Waals surface area contributed by atoms with Crippen LogP contribution in [0.5, 0.6) is 0 Å². The van der Waals surface area contributed by atoms with E-state index in [1.165, 1.54) is 16.7 Å². The van der Waals surface area contributed by atoms with E-state index in [1.807, 2.05) is 13.8 Å². The molecular weight excluding hydrogens is 455 g/mol. The van der Waals surface area contributed by atoms with E-state index in [0.717, 1.165) is 18.6 Å². The van der Waals surface area contributed by atoms with E-state index in [1.54, 1.807) is 52.7 Å². The van der Waals surface area contributed by atoms with Crippen molar-refractivity contribution >= 4 is 5.69 Å². The summed E-state index contributed by atoms with van der Waals surface area (Å²) in [6, 6.07) is 13.3. The maximum absolute atomic E-state index is 13.7. The van der Waals surface area contributed by atoms with Crippen molar-refractivity contribution in [1.82, 2.24) is 18.9 Å². The third kappa shape index (κ3) is 4.39. The van der Waals surface area contributed by atoms with Crippen LogP contribution in [0.1, 0.15) is 44.0 Å². The van der Waals surface area contributed by atoms with Crippen molar-refractivity contribution in [2.45, 2.75) is 45.8 Å². The van der Waals surface area contributed by atoms with Crippen molar-refractivity contribution in [2.75, 3.05) is 0 Å². The predicted molar refractivity (Wildman–Crippen MR) is 128 cm³/mol. The zero-order valence-electron chi connectivity index (χ0n) is 19.5. The lowest BCUT2D eigenvalue weighted by atomic mass is 10.1. The first kappa shape index (κ1) is 24.1. The van der Waals surface area contributed by atoms with Crippen LogP contribution in [0, 0.1) is 13.5 Å². The van der Waals surface area contributed by atoms with Crippen molar-refractivity contribution in [3.8, 4) is 22.8 Å². The van der Waals surface area contributed by atoms with Crippen molar-refractivity contribution in [3.05, 3.63) is 94.0 Å².